The van der Waals surface area contributed by atoms with Crippen molar-refractivity contribution in [3.8, 4) is 0 Å². The Kier molecular flexibility index (Phi) is 12.0. The lowest BCUT2D eigenvalue weighted by atomic mass is 10.1. The molecule has 2 saturated heterocycles. The van der Waals surface area contributed by atoms with Gasteiger partial charge in [-0.3, -0.25) is 0 Å². The number of ether oxygens (including phenoxy) is 5. The molecule has 5 heteroatoms. The molecule has 1 aromatic carbocycles. The van der Waals surface area contributed by atoms with Gasteiger partial charge in [0.2, 0.25) is 5.79 Å². The van der Waals surface area contributed by atoms with E-state index in [-0.39, 0.29) is 18.3 Å². The van der Waals surface area contributed by atoms with E-state index < -0.39 is 11.6 Å². The fraction of sp³-hybridized carbons (Fsp3) is 0.800. The van der Waals surface area contributed by atoms with Gasteiger partial charge in [0, 0.05) is 13.2 Å². The zero-order chi connectivity index (χ0) is 25.0. The quantitative estimate of drug-likeness (QED) is 0.203. The second-order valence-corrected chi connectivity index (χ2v) is 10.8. The Morgan fingerprint density at radius 3 is 2.14 bits per heavy atom. The van der Waals surface area contributed by atoms with Crippen LogP contribution < -0.4 is 0 Å². The van der Waals surface area contributed by atoms with Gasteiger partial charge in [-0.25, -0.2) is 0 Å². The van der Waals surface area contributed by atoms with Crippen molar-refractivity contribution in [1.82, 2.24) is 0 Å². The molecule has 0 unspecified atom stereocenters. The van der Waals surface area contributed by atoms with Gasteiger partial charge in [0.25, 0.3) is 0 Å². The highest BCUT2D eigenvalue weighted by atomic mass is 16.9. The van der Waals surface area contributed by atoms with Crippen LogP contribution in [0, 0.1) is 0 Å². The first kappa shape index (κ1) is 28.6. The van der Waals surface area contributed by atoms with E-state index in [9.17, 15) is 0 Å². The summed E-state index contributed by atoms with van der Waals surface area (Å²) in [6, 6.07) is 10.5. The largest absolute Gasteiger partial charge is 0.376 e. The Morgan fingerprint density at radius 2 is 1.46 bits per heavy atom. The summed E-state index contributed by atoms with van der Waals surface area (Å²) in [5.41, 5.74) is 1.34. The van der Waals surface area contributed by atoms with Crippen molar-refractivity contribution in [2.24, 2.45) is 0 Å². The standard InChI is InChI=1S/C30H50O5/c1-5-6-7-8-9-10-11-12-13-17-22-31-24-30-28(34-29(3,4)35-30)27(25(2)33-30)32-23-18-21-26-19-15-14-16-20-26/h14-16,19-20,25,27-28H,5-13,17-18,21-24H2,1-4H3/t25-,27+,28-,30-/m0/s1. The van der Waals surface area contributed by atoms with Gasteiger partial charge in [0.1, 0.15) is 18.8 Å². The van der Waals surface area contributed by atoms with Gasteiger partial charge < -0.3 is 23.7 Å². The van der Waals surface area contributed by atoms with E-state index in [4.69, 9.17) is 23.7 Å². The Morgan fingerprint density at radius 1 is 0.800 bits per heavy atom. The summed E-state index contributed by atoms with van der Waals surface area (Å²) >= 11 is 0. The average molecular weight is 491 g/mol. The molecule has 0 aliphatic carbocycles. The highest BCUT2D eigenvalue weighted by Gasteiger charge is 2.64. The number of fused-ring (bicyclic) bond motifs is 1. The van der Waals surface area contributed by atoms with E-state index in [1.165, 1.54) is 63.4 Å². The summed E-state index contributed by atoms with van der Waals surface area (Å²) < 4.78 is 31.3. The van der Waals surface area contributed by atoms with Crippen molar-refractivity contribution >= 4 is 0 Å². The van der Waals surface area contributed by atoms with E-state index in [0.717, 1.165) is 25.9 Å². The zero-order valence-electron chi connectivity index (χ0n) is 22.8. The first-order valence-corrected chi connectivity index (χ1v) is 14.2. The molecule has 4 atom stereocenters. The van der Waals surface area contributed by atoms with Crippen LogP contribution in [0.1, 0.15) is 104 Å². The minimum atomic E-state index is -0.883. The third-order valence-corrected chi connectivity index (χ3v) is 7.12. The van der Waals surface area contributed by atoms with E-state index in [0.29, 0.717) is 13.2 Å². The monoisotopic (exact) mass is 490 g/mol. The average Bonchev–Trinajstić information content (AvgIpc) is 3.23. The van der Waals surface area contributed by atoms with Gasteiger partial charge in [-0.1, -0.05) is 95.0 Å². The molecule has 1 aromatic rings. The van der Waals surface area contributed by atoms with Crippen molar-refractivity contribution in [2.75, 3.05) is 19.8 Å². The second-order valence-electron chi connectivity index (χ2n) is 10.8. The minimum absolute atomic E-state index is 0.103. The highest BCUT2D eigenvalue weighted by molar-refractivity contribution is 5.14. The Bertz CT molecular complexity index is 693. The molecule has 0 spiro atoms. The maximum absolute atomic E-state index is 6.34. The molecular weight excluding hydrogens is 440 g/mol. The van der Waals surface area contributed by atoms with Crippen molar-refractivity contribution in [1.29, 1.82) is 0 Å². The first-order valence-electron chi connectivity index (χ1n) is 14.2. The number of hydrogen-bond acceptors (Lipinski definition) is 5. The fourth-order valence-electron chi connectivity index (χ4n) is 5.34. The third kappa shape index (κ3) is 9.12. The molecule has 0 saturated carbocycles. The second kappa shape index (κ2) is 14.7. The number of rotatable bonds is 18. The lowest BCUT2D eigenvalue weighted by Gasteiger charge is -2.28. The molecule has 200 valence electrons. The van der Waals surface area contributed by atoms with Crippen LogP contribution in [0.3, 0.4) is 0 Å². The van der Waals surface area contributed by atoms with Gasteiger partial charge in [-0.15, -0.1) is 0 Å². The van der Waals surface area contributed by atoms with Crippen LogP contribution in [-0.2, 0) is 30.1 Å². The van der Waals surface area contributed by atoms with Crippen molar-refractivity contribution in [2.45, 2.75) is 135 Å². The number of benzene rings is 1. The predicted octanol–water partition coefficient (Wildman–Crippen LogP) is 7.21. The molecule has 2 heterocycles. The van der Waals surface area contributed by atoms with Gasteiger partial charge in [0.15, 0.2) is 5.79 Å². The lowest BCUT2D eigenvalue weighted by Crippen LogP contribution is -2.45. The van der Waals surface area contributed by atoms with Crippen LogP contribution in [0.4, 0.5) is 0 Å². The van der Waals surface area contributed by atoms with Gasteiger partial charge >= 0.3 is 0 Å². The van der Waals surface area contributed by atoms with Crippen LogP contribution in [0.25, 0.3) is 0 Å². The summed E-state index contributed by atoms with van der Waals surface area (Å²) in [5.74, 6) is -1.59. The van der Waals surface area contributed by atoms with E-state index in [1.54, 1.807) is 0 Å². The molecule has 0 amide bonds. The Hall–Kier alpha value is -0.980. The summed E-state index contributed by atoms with van der Waals surface area (Å²) in [5, 5.41) is 0. The SMILES string of the molecule is CCCCCCCCCCCCOC[C@@]12O[C@@H](C)[C@@H](OCCCc3ccccc3)[C@@H]1OC(C)(C)O2. The summed E-state index contributed by atoms with van der Waals surface area (Å²) in [4.78, 5) is 0. The van der Waals surface area contributed by atoms with Crippen LogP contribution in [0.5, 0.6) is 0 Å². The van der Waals surface area contributed by atoms with Gasteiger partial charge in [-0.05, 0) is 45.6 Å². The van der Waals surface area contributed by atoms with Crippen LogP contribution in [0.15, 0.2) is 30.3 Å². The summed E-state index contributed by atoms with van der Waals surface area (Å²) in [7, 11) is 0. The van der Waals surface area contributed by atoms with Gasteiger partial charge in [0.05, 0.1) is 6.10 Å². The number of unbranched alkanes of at least 4 members (excludes halogenated alkanes) is 9. The summed E-state index contributed by atoms with van der Waals surface area (Å²) in [6.45, 7) is 9.98. The summed E-state index contributed by atoms with van der Waals surface area (Å²) in [6.07, 6.45) is 14.6. The lowest BCUT2D eigenvalue weighted by molar-refractivity contribution is -0.276. The van der Waals surface area contributed by atoms with Crippen molar-refractivity contribution in [3.05, 3.63) is 35.9 Å². The van der Waals surface area contributed by atoms with Crippen LogP contribution in [-0.4, -0.2) is 49.7 Å². The van der Waals surface area contributed by atoms with Gasteiger partial charge in [-0.2, -0.15) is 0 Å². The predicted molar refractivity (Wildman–Crippen MR) is 140 cm³/mol. The molecule has 0 aromatic heterocycles. The fourth-order valence-corrected chi connectivity index (χ4v) is 5.34. The van der Waals surface area contributed by atoms with E-state index >= 15 is 0 Å². The maximum atomic E-state index is 6.34. The Balaban J connectivity index is 1.34. The molecule has 0 radical (unpaired) electrons. The number of aryl methyl sites for hydroxylation is 1. The van der Waals surface area contributed by atoms with E-state index in [1.807, 2.05) is 20.8 Å². The molecule has 5 nitrogen and oxygen atoms in total. The number of hydrogen-bond donors (Lipinski definition) is 0. The molecule has 0 N–H and O–H groups in total. The smallest absolute Gasteiger partial charge is 0.224 e. The Labute approximate surface area is 214 Å². The topological polar surface area (TPSA) is 46.2 Å². The highest BCUT2D eigenvalue weighted by Crippen LogP contribution is 2.46. The van der Waals surface area contributed by atoms with E-state index in [2.05, 4.69) is 37.3 Å². The minimum Gasteiger partial charge on any atom is -0.376 e. The maximum Gasteiger partial charge on any atom is 0.224 e. The molecule has 3 rings (SSSR count). The third-order valence-electron chi connectivity index (χ3n) is 7.12. The zero-order valence-corrected chi connectivity index (χ0v) is 22.8. The normalized spacial score (nSPS) is 27.4. The molecule has 2 aliphatic rings. The van der Waals surface area contributed by atoms with Crippen LogP contribution in [0.2, 0.25) is 0 Å². The molecular formula is C30H50O5. The molecule has 2 aliphatic heterocycles. The molecule has 35 heavy (non-hydrogen) atoms. The first-order chi connectivity index (χ1) is 17.0. The molecule has 0 bridgehead atoms. The van der Waals surface area contributed by atoms with Crippen LogP contribution >= 0.6 is 0 Å². The van der Waals surface area contributed by atoms with Crippen molar-refractivity contribution < 1.29 is 23.7 Å². The van der Waals surface area contributed by atoms with Crippen molar-refractivity contribution in [3.63, 3.8) is 0 Å². The molecule has 2 fully saturated rings.